The topological polar surface area (TPSA) is 69.7 Å². The second-order valence-corrected chi connectivity index (χ2v) is 10.1. The number of benzene rings is 2. The van der Waals surface area contributed by atoms with E-state index in [1.54, 1.807) is 12.1 Å². The lowest BCUT2D eigenvalue weighted by molar-refractivity contribution is -0.122. The van der Waals surface area contributed by atoms with E-state index >= 15 is 0 Å². The summed E-state index contributed by atoms with van der Waals surface area (Å²) in [5.41, 5.74) is 3.36. The van der Waals surface area contributed by atoms with Crippen LogP contribution in [0.2, 0.25) is 0 Å². The van der Waals surface area contributed by atoms with Crippen molar-refractivity contribution in [3.8, 4) is 11.1 Å². The molecule has 30 heavy (non-hydrogen) atoms. The van der Waals surface area contributed by atoms with Crippen molar-refractivity contribution in [1.29, 1.82) is 0 Å². The number of piperazine rings is 1. The van der Waals surface area contributed by atoms with Crippen LogP contribution in [0.15, 0.2) is 53.4 Å². The zero-order chi connectivity index (χ0) is 21.1. The second kappa shape index (κ2) is 8.88. The van der Waals surface area contributed by atoms with Gasteiger partial charge in [0.25, 0.3) is 0 Å². The third-order valence-electron chi connectivity index (χ3n) is 6.16. The van der Waals surface area contributed by atoms with Crippen molar-refractivity contribution in [2.24, 2.45) is 0 Å². The summed E-state index contributed by atoms with van der Waals surface area (Å²) in [7, 11) is -3.65. The molecule has 2 aromatic carbocycles. The van der Waals surface area contributed by atoms with Crippen LogP contribution in [0.1, 0.15) is 25.3 Å². The molecule has 6 nitrogen and oxygen atoms in total. The molecule has 2 heterocycles. The Bertz CT molecular complexity index is 987. The number of amides is 1. The first-order valence-corrected chi connectivity index (χ1v) is 12.1. The van der Waals surface area contributed by atoms with Crippen LogP contribution in [0, 0.1) is 0 Å². The number of likely N-dealkylation sites (tertiary alicyclic amines) is 1. The number of rotatable bonds is 6. The summed E-state index contributed by atoms with van der Waals surface area (Å²) >= 11 is 0. The van der Waals surface area contributed by atoms with Gasteiger partial charge in [-0.1, -0.05) is 36.4 Å². The molecular formula is C23H29N3O3S. The number of hydrogen-bond acceptors (Lipinski definition) is 4. The Hall–Kier alpha value is -2.22. The van der Waals surface area contributed by atoms with Crippen LogP contribution in [0.25, 0.3) is 11.1 Å². The van der Waals surface area contributed by atoms with Crippen molar-refractivity contribution in [2.45, 2.75) is 37.1 Å². The van der Waals surface area contributed by atoms with Gasteiger partial charge in [-0.25, -0.2) is 8.42 Å². The molecule has 1 amide bonds. The van der Waals surface area contributed by atoms with E-state index < -0.39 is 10.0 Å². The summed E-state index contributed by atoms with van der Waals surface area (Å²) in [4.78, 5) is 14.3. The van der Waals surface area contributed by atoms with Crippen molar-refractivity contribution in [1.82, 2.24) is 14.5 Å². The lowest BCUT2D eigenvalue weighted by atomic mass is 10.0. The maximum atomic E-state index is 12.8. The summed E-state index contributed by atoms with van der Waals surface area (Å²) in [5.74, 6) is -0.263. The molecule has 2 fully saturated rings. The first kappa shape index (κ1) is 21.0. The number of hydrogen-bond donors (Lipinski definition) is 1. The van der Waals surface area contributed by atoms with E-state index in [1.807, 2.05) is 12.1 Å². The minimum Gasteiger partial charge on any atom is -0.354 e. The van der Waals surface area contributed by atoms with Gasteiger partial charge in [0.2, 0.25) is 15.9 Å². The van der Waals surface area contributed by atoms with Crippen LogP contribution in [0.5, 0.6) is 0 Å². The average Bonchev–Trinajstić information content (AvgIpc) is 3.17. The van der Waals surface area contributed by atoms with Gasteiger partial charge in [-0.15, -0.1) is 0 Å². The van der Waals surface area contributed by atoms with Crippen LogP contribution >= 0.6 is 0 Å². The van der Waals surface area contributed by atoms with Crippen LogP contribution in [-0.2, 0) is 21.2 Å². The van der Waals surface area contributed by atoms with Crippen molar-refractivity contribution >= 4 is 15.9 Å². The number of carbonyl (C=O) groups is 1. The van der Waals surface area contributed by atoms with E-state index in [9.17, 15) is 13.2 Å². The summed E-state index contributed by atoms with van der Waals surface area (Å²) in [6.45, 7) is 5.13. The molecule has 0 bridgehead atoms. The molecule has 0 spiro atoms. The van der Waals surface area contributed by atoms with Crippen LogP contribution in [0.3, 0.4) is 0 Å². The van der Waals surface area contributed by atoms with Gasteiger partial charge in [-0.2, -0.15) is 4.31 Å². The lowest BCUT2D eigenvalue weighted by Gasteiger charge is -2.25. The van der Waals surface area contributed by atoms with Crippen molar-refractivity contribution < 1.29 is 13.2 Å². The molecule has 0 saturated carbocycles. The zero-order valence-corrected chi connectivity index (χ0v) is 18.2. The van der Waals surface area contributed by atoms with E-state index in [0.29, 0.717) is 19.1 Å². The summed E-state index contributed by atoms with van der Waals surface area (Å²) in [6, 6.07) is 16.1. The normalized spacial score (nSPS) is 21.0. The highest BCUT2D eigenvalue weighted by Crippen LogP contribution is 2.24. The Morgan fingerprint density at radius 2 is 1.67 bits per heavy atom. The van der Waals surface area contributed by atoms with E-state index in [4.69, 9.17) is 0 Å². The molecule has 0 aliphatic carbocycles. The fourth-order valence-corrected chi connectivity index (χ4v) is 5.65. The van der Waals surface area contributed by atoms with E-state index in [2.05, 4.69) is 41.4 Å². The molecule has 160 valence electrons. The lowest BCUT2D eigenvalue weighted by Crippen LogP contribution is -2.49. The maximum absolute atomic E-state index is 12.8. The fraction of sp³-hybridized carbons (Fsp3) is 0.435. The molecule has 7 heteroatoms. The minimum atomic E-state index is -3.65. The molecule has 2 aromatic rings. The minimum absolute atomic E-state index is 0.123. The monoisotopic (exact) mass is 427 g/mol. The number of nitrogens with zero attached hydrogens (tertiary/aromatic N) is 2. The van der Waals surface area contributed by atoms with E-state index in [-0.39, 0.29) is 17.3 Å². The highest BCUT2D eigenvalue weighted by Gasteiger charge is 2.29. The number of carbonyl (C=O) groups excluding carboxylic acids is 1. The predicted molar refractivity (Wildman–Crippen MR) is 118 cm³/mol. The summed E-state index contributed by atoms with van der Waals surface area (Å²) in [6.07, 6.45) is 3.65. The highest BCUT2D eigenvalue weighted by atomic mass is 32.2. The number of sulfonamides is 1. The molecule has 0 aromatic heterocycles. The molecule has 1 N–H and O–H groups in total. The molecule has 0 radical (unpaired) electrons. The molecule has 2 saturated heterocycles. The van der Waals surface area contributed by atoms with Gasteiger partial charge in [0.15, 0.2) is 0 Å². The average molecular weight is 428 g/mol. The molecule has 2 aliphatic rings. The summed E-state index contributed by atoms with van der Waals surface area (Å²) in [5, 5.41) is 2.65. The highest BCUT2D eigenvalue weighted by molar-refractivity contribution is 7.89. The number of nitrogens with one attached hydrogen (secondary N) is 1. The van der Waals surface area contributed by atoms with Gasteiger partial charge >= 0.3 is 0 Å². The largest absolute Gasteiger partial charge is 0.354 e. The molecular weight excluding hydrogens is 398 g/mol. The zero-order valence-electron chi connectivity index (χ0n) is 17.4. The molecule has 1 unspecified atom stereocenters. The Kier molecular flexibility index (Phi) is 6.22. The van der Waals surface area contributed by atoms with Crippen molar-refractivity contribution in [3.63, 3.8) is 0 Å². The quantitative estimate of drug-likeness (QED) is 0.769. The van der Waals surface area contributed by atoms with Crippen molar-refractivity contribution in [2.75, 3.05) is 32.7 Å². The van der Waals surface area contributed by atoms with Crippen LogP contribution in [0.4, 0.5) is 0 Å². The van der Waals surface area contributed by atoms with Crippen LogP contribution in [-0.4, -0.2) is 62.3 Å². The molecule has 1 atom stereocenters. The van der Waals surface area contributed by atoms with Gasteiger partial charge in [-0.3, -0.25) is 4.79 Å². The third-order valence-corrected chi connectivity index (χ3v) is 8.02. The Labute approximate surface area is 178 Å². The van der Waals surface area contributed by atoms with Crippen molar-refractivity contribution in [3.05, 3.63) is 54.1 Å². The molecule has 4 rings (SSSR count). The Balaban J connectivity index is 1.41. The smallest absolute Gasteiger partial charge is 0.243 e. The van der Waals surface area contributed by atoms with E-state index in [1.165, 1.54) is 29.3 Å². The van der Waals surface area contributed by atoms with E-state index in [0.717, 1.165) is 24.1 Å². The Morgan fingerprint density at radius 1 is 1.00 bits per heavy atom. The first-order valence-electron chi connectivity index (χ1n) is 10.6. The SMILES string of the molecule is CC1CCCN1CCc1ccc(-c2ccc(S(=O)(=O)N3CCNC(=O)C3)cc2)cc1. The first-order chi connectivity index (χ1) is 14.4. The van der Waals surface area contributed by atoms with Gasteiger partial charge in [0.05, 0.1) is 11.4 Å². The molecule has 2 aliphatic heterocycles. The second-order valence-electron chi connectivity index (χ2n) is 8.19. The van der Waals surface area contributed by atoms with Gasteiger partial charge in [0.1, 0.15) is 0 Å². The third kappa shape index (κ3) is 4.58. The fourth-order valence-electron chi connectivity index (χ4n) is 4.25. The van der Waals surface area contributed by atoms with Crippen LogP contribution < -0.4 is 5.32 Å². The standard InChI is InChI=1S/C23H29N3O3S/c1-18-3-2-14-25(18)15-12-19-4-6-20(7-5-19)21-8-10-22(11-9-21)30(28,29)26-16-13-24-23(27)17-26/h4-11,18H,2-3,12-17H2,1H3,(H,24,27). The van der Waals surface area contributed by atoms with Gasteiger partial charge in [-0.05, 0) is 61.6 Å². The Morgan fingerprint density at radius 3 is 2.27 bits per heavy atom. The predicted octanol–water partition coefficient (Wildman–Crippen LogP) is 2.50. The maximum Gasteiger partial charge on any atom is 0.243 e. The van der Waals surface area contributed by atoms with Gasteiger partial charge in [0, 0.05) is 25.7 Å². The summed E-state index contributed by atoms with van der Waals surface area (Å²) < 4.78 is 26.8. The van der Waals surface area contributed by atoms with Gasteiger partial charge < -0.3 is 10.2 Å².